The van der Waals surface area contributed by atoms with Crippen molar-refractivity contribution >= 4 is 17.5 Å². The van der Waals surface area contributed by atoms with Gasteiger partial charge in [-0.1, -0.05) is 11.2 Å². The summed E-state index contributed by atoms with van der Waals surface area (Å²) >= 11 is 0. The molecule has 0 amide bonds. The van der Waals surface area contributed by atoms with E-state index in [4.69, 9.17) is 5.21 Å². The molecule has 0 aromatic heterocycles. The second-order valence-electron chi connectivity index (χ2n) is 5.51. The molecule has 0 bridgehead atoms. The summed E-state index contributed by atoms with van der Waals surface area (Å²) in [6.45, 7) is 8.57. The van der Waals surface area contributed by atoms with Crippen molar-refractivity contribution < 1.29 is 5.21 Å². The summed E-state index contributed by atoms with van der Waals surface area (Å²) in [5, 5.41) is 11.8. The molecule has 1 aromatic rings. The van der Waals surface area contributed by atoms with E-state index in [1.165, 1.54) is 23.0 Å². The molecule has 1 heterocycles. The maximum absolute atomic E-state index is 8.69. The molecular formula is C15H20N2O. The number of benzene rings is 1. The quantitative estimate of drug-likeness (QED) is 0.466. The van der Waals surface area contributed by atoms with Gasteiger partial charge in [0.15, 0.2) is 0 Å². The summed E-state index contributed by atoms with van der Waals surface area (Å²) in [5.74, 6) is 0. The van der Waals surface area contributed by atoms with E-state index < -0.39 is 0 Å². The maximum atomic E-state index is 8.69. The van der Waals surface area contributed by atoms with Gasteiger partial charge in [-0.2, -0.15) is 0 Å². The van der Waals surface area contributed by atoms with Crippen LogP contribution in [0.1, 0.15) is 37.5 Å². The highest BCUT2D eigenvalue weighted by Crippen LogP contribution is 2.38. The van der Waals surface area contributed by atoms with Gasteiger partial charge >= 0.3 is 0 Å². The molecule has 1 aromatic carbocycles. The molecule has 0 saturated carbocycles. The van der Waals surface area contributed by atoms with E-state index in [0.29, 0.717) is 0 Å². The van der Waals surface area contributed by atoms with E-state index in [1.807, 2.05) is 6.92 Å². The van der Waals surface area contributed by atoms with Crippen LogP contribution in [0.25, 0.3) is 5.57 Å². The third kappa shape index (κ3) is 1.90. The number of aryl methyl sites for hydroxylation is 1. The van der Waals surface area contributed by atoms with Crippen LogP contribution < -0.4 is 4.90 Å². The number of likely N-dealkylation sites (N-methyl/N-ethyl adjacent to an activating group) is 1. The molecule has 2 rings (SSSR count). The van der Waals surface area contributed by atoms with Gasteiger partial charge in [0.1, 0.15) is 0 Å². The Bertz CT molecular complexity index is 542. The van der Waals surface area contributed by atoms with E-state index in [2.05, 4.69) is 56.1 Å². The molecule has 0 radical (unpaired) electrons. The van der Waals surface area contributed by atoms with Crippen LogP contribution in [0.5, 0.6) is 0 Å². The van der Waals surface area contributed by atoms with Crippen LogP contribution in [0.15, 0.2) is 23.4 Å². The Hall–Kier alpha value is -1.77. The molecule has 0 spiro atoms. The first-order valence-electron chi connectivity index (χ1n) is 6.12. The molecule has 3 nitrogen and oxygen atoms in total. The highest BCUT2D eigenvalue weighted by molar-refractivity contribution is 5.89. The monoisotopic (exact) mass is 244 g/mol. The average Bonchev–Trinajstić information content (AvgIpc) is 2.28. The fourth-order valence-corrected chi connectivity index (χ4v) is 2.52. The van der Waals surface area contributed by atoms with Gasteiger partial charge in [-0.05, 0) is 56.5 Å². The van der Waals surface area contributed by atoms with Gasteiger partial charge in [0.05, 0.1) is 11.8 Å². The molecule has 1 aliphatic heterocycles. The van der Waals surface area contributed by atoms with Crippen LogP contribution in [0.3, 0.4) is 0 Å². The molecule has 3 heteroatoms. The highest BCUT2D eigenvalue weighted by atomic mass is 16.4. The normalized spacial score (nSPS) is 17.8. The Balaban J connectivity index is 2.66. The minimum absolute atomic E-state index is 0.0239. The molecule has 0 atom stereocenters. The van der Waals surface area contributed by atoms with Gasteiger partial charge in [-0.15, -0.1) is 0 Å². The lowest BCUT2D eigenvalue weighted by Crippen LogP contribution is -2.42. The van der Waals surface area contributed by atoms with Gasteiger partial charge in [-0.3, -0.25) is 0 Å². The van der Waals surface area contributed by atoms with Gasteiger partial charge in [-0.25, -0.2) is 0 Å². The molecule has 1 N–H and O–H groups in total. The smallest absolute Gasteiger partial charge is 0.0736 e. The molecule has 0 unspecified atom stereocenters. The van der Waals surface area contributed by atoms with Crippen molar-refractivity contribution in [3.8, 4) is 0 Å². The van der Waals surface area contributed by atoms with Crippen LogP contribution in [-0.2, 0) is 0 Å². The van der Waals surface area contributed by atoms with Crippen molar-refractivity contribution in [2.75, 3.05) is 11.9 Å². The third-order valence-corrected chi connectivity index (χ3v) is 3.80. The fourth-order valence-electron chi connectivity index (χ4n) is 2.52. The van der Waals surface area contributed by atoms with Crippen molar-refractivity contribution in [2.24, 2.45) is 5.16 Å². The minimum atomic E-state index is 0.0239. The Labute approximate surface area is 108 Å². The molecule has 0 fully saturated rings. The zero-order chi connectivity index (χ0) is 13.5. The van der Waals surface area contributed by atoms with E-state index in [9.17, 15) is 0 Å². The first kappa shape index (κ1) is 12.7. The third-order valence-electron chi connectivity index (χ3n) is 3.80. The number of rotatable bonds is 1. The number of allylic oxidation sites excluding steroid dienone is 1. The summed E-state index contributed by atoms with van der Waals surface area (Å²) in [5.41, 5.74) is 5.79. The number of fused-ring (bicyclic) bond motifs is 1. The Morgan fingerprint density at radius 1 is 1.28 bits per heavy atom. The Morgan fingerprint density at radius 3 is 2.56 bits per heavy atom. The van der Waals surface area contributed by atoms with Crippen LogP contribution >= 0.6 is 0 Å². The van der Waals surface area contributed by atoms with E-state index >= 15 is 0 Å². The van der Waals surface area contributed by atoms with Gasteiger partial charge in [0.25, 0.3) is 0 Å². The molecule has 0 saturated heterocycles. The van der Waals surface area contributed by atoms with Gasteiger partial charge in [0.2, 0.25) is 0 Å². The second kappa shape index (κ2) is 4.16. The lowest BCUT2D eigenvalue weighted by atomic mass is 9.87. The maximum Gasteiger partial charge on any atom is 0.0736 e. The number of hydrogen-bond acceptors (Lipinski definition) is 3. The highest BCUT2D eigenvalue weighted by Gasteiger charge is 2.28. The standard InChI is InChI=1S/C15H20N2O/c1-10-6-14-13(7-12(10)9-16-18)11(2)8-15(3,4)17(14)5/h6-9,18H,1-5H3/b16-9+. The van der Waals surface area contributed by atoms with E-state index in [0.717, 1.165) is 11.1 Å². The van der Waals surface area contributed by atoms with Crippen molar-refractivity contribution in [3.05, 3.63) is 34.9 Å². The van der Waals surface area contributed by atoms with E-state index in [-0.39, 0.29) is 5.54 Å². The molecule has 0 aliphatic carbocycles. The number of anilines is 1. The zero-order valence-corrected chi connectivity index (χ0v) is 11.7. The molecular weight excluding hydrogens is 224 g/mol. The van der Waals surface area contributed by atoms with Crippen LogP contribution in [0.2, 0.25) is 0 Å². The summed E-state index contributed by atoms with van der Waals surface area (Å²) in [4.78, 5) is 2.28. The van der Waals surface area contributed by atoms with Crippen molar-refractivity contribution in [1.82, 2.24) is 0 Å². The van der Waals surface area contributed by atoms with Crippen LogP contribution in [0, 0.1) is 6.92 Å². The predicted octanol–water partition coefficient (Wildman–Crippen LogP) is 3.43. The second-order valence-corrected chi connectivity index (χ2v) is 5.51. The van der Waals surface area contributed by atoms with Crippen molar-refractivity contribution in [2.45, 2.75) is 33.2 Å². The van der Waals surface area contributed by atoms with Crippen LogP contribution in [0.4, 0.5) is 5.69 Å². The lowest BCUT2D eigenvalue weighted by Gasteiger charge is -2.41. The first-order valence-corrected chi connectivity index (χ1v) is 6.12. The van der Waals surface area contributed by atoms with E-state index in [1.54, 1.807) is 0 Å². The first-order chi connectivity index (χ1) is 8.36. The number of nitrogens with zero attached hydrogens (tertiary/aromatic N) is 2. The molecule has 18 heavy (non-hydrogen) atoms. The Kier molecular flexibility index (Phi) is 2.93. The largest absolute Gasteiger partial charge is 0.411 e. The van der Waals surface area contributed by atoms with Crippen molar-refractivity contribution in [1.29, 1.82) is 0 Å². The Morgan fingerprint density at radius 2 is 1.94 bits per heavy atom. The number of oxime groups is 1. The van der Waals surface area contributed by atoms with Crippen LogP contribution in [-0.4, -0.2) is 24.0 Å². The summed E-state index contributed by atoms with van der Waals surface area (Å²) in [6, 6.07) is 4.24. The SMILES string of the molecule is CC1=CC(C)(C)N(C)c2cc(C)c(/C=N/O)cc21. The number of hydrogen-bond donors (Lipinski definition) is 1. The summed E-state index contributed by atoms with van der Waals surface area (Å²) in [6.07, 6.45) is 3.76. The summed E-state index contributed by atoms with van der Waals surface area (Å²) < 4.78 is 0. The molecule has 1 aliphatic rings. The zero-order valence-electron chi connectivity index (χ0n) is 11.7. The average molecular weight is 244 g/mol. The summed E-state index contributed by atoms with van der Waals surface area (Å²) in [7, 11) is 2.11. The van der Waals surface area contributed by atoms with Gasteiger partial charge in [0, 0.05) is 18.3 Å². The van der Waals surface area contributed by atoms with Crippen molar-refractivity contribution in [3.63, 3.8) is 0 Å². The predicted molar refractivity (Wildman–Crippen MR) is 76.7 cm³/mol. The minimum Gasteiger partial charge on any atom is -0.411 e. The molecule has 96 valence electrons. The van der Waals surface area contributed by atoms with Gasteiger partial charge < -0.3 is 10.1 Å². The fraction of sp³-hybridized carbons (Fsp3) is 0.400. The topological polar surface area (TPSA) is 35.8 Å². The lowest BCUT2D eigenvalue weighted by molar-refractivity contribution is 0.322.